The first-order valence-electron chi connectivity index (χ1n) is 7.86. The molecule has 0 radical (unpaired) electrons. The van der Waals surface area contributed by atoms with Crippen molar-refractivity contribution in [2.24, 2.45) is 7.05 Å². The number of imidazole rings is 1. The predicted molar refractivity (Wildman–Crippen MR) is 82.5 cm³/mol. The minimum absolute atomic E-state index is 0.0242. The first kappa shape index (κ1) is 18.0. The van der Waals surface area contributed by atoms with Crippen LogP contribution in [0.4, 0.5) is 18.0 Å². The Morgan fingerprint density at radius 3 is 2.62 bits per heavy atom. The first-order chi connectivity index (χ1) is 12.2. The molecule has 3 rings (SSSR count). The number of urea groups is 1. The molecule has 1 aliphatic rings. The van der Waals surface area contributed by atoms with Gasteiger partial charge in [0.25, 0.3) is 5.91 Å². The Labute approximate surface area is 146 Å². The maximum atomic E-state index is 12.9. The van der Waals surface area contributed by atoms with Gasteiger partial charge in [-0.05, 0) is 6.42 Å². The first-order valence-corrected chi connectivity index (χ1v) is 7.86. The summed E-state index contributed by atoms with van der Waals surface area (Å²) in [5.74, 6) is -0.566. The molecule has 11 heteroatoms. The molecule has 1 atom stereocenters. The number of aryl methyl sites for hydroxylation is 1. The van der Waals surface area contributed by atoms with Gasteiger partial charge in [0.1, 0.15) is 17.9 Å². The van der Waals surface area contributed by atoms with Crippen molar-refractivity contribution in [1.29, 1.82) is 0 Å². The molecule has 0 saturated carbocycles. The van der Waals surface area contributed by atoms with E-state index in [4.69, 9.17) is 0 Å². The minimum Gasteiger partial charge on any atom is -0.324 e. The summed E-state index contributed by atoms with van der Waals surface area (Å²) in [5.41, 5.74) is -0.769. The molecule has 0 aromatic carbocycles. The monoisotopic (exact) mass is 370 g/mol. The standard InChI is InChI=1S/C15H17F3N6O2/c1-3-14(10-6-20-22(2)7-10)12(25)24(13(26)21-14)8-11-19-4-5-23(11)9-15(16,17)18/h4-7H,3,8-9H2,1-2H3,(H,21,26). The summed E-state index contributed by atoms with van der Waals surface area (Å²) < 4.78 is 40.3. The Hall–Kier alpha value is -2.85. The normalized spacial score (nSPS) is 20.7. The number of alkyl halides is 3. The molecule has 1 aliphatic heterocycles. The van der Waals surface area contributed by atoms with Crippen LogP contribution in [0.1, 0.15) is 24.7 Å². The molecule has 1 saturated heterocycles. The van der Waals surface area contributed by atoms with E-state index < -0.39 is 30.2 Å². The predicted octanol–water partition coefficient (Wildman–Crippen LogP) is 1.54. The third-order valence-corrected chi connectivity index (χ3v) is 4.35. The number of imide groups is 1. The minimum atomic E-state index is -4.43. The van der Waals surface area contributed by atoms with Crippen LogP contribution in [0.25, 0.3) is 0 Å². The molecule has 0 aliphatic carbocycles. The summed E-state index contributed by atoms with van der Waals surface area (Å²) >= 11 is 0. The second-order valence-electron chi connectivity index (χ2n) is 6.07. The number of carbonyl (C=O) groups excluding carboxylic acids is 2. The van der Waals surface area contributed by atoms with Gasteiger partial charge in [0.15, 0.2) is 0 Å². The van der Waals surface area contributed by atoms with Gasteiger partial charge in [-0.1, -0.05) is 6.92 Å². The van der Waals surface area contributed by atoms with E-state index in [1.165, 1.54) is 17.1 Å². The molecule has 1 fully saturated rings. The average Bonchev–Trinajstić information content (AvgIpc) is 3.22. The lowest BCUT2D eigenvalue weighted by Crippen LogP contribution is -2.43. The van der Waals surface area contributed by atoms with E-state index in [0.717, 1.165) is 15.7 Å². The fourth-order valence-electron chi connectivity index (χ4n) is 3.02. The lowest BCUT2D eigenvalue weighted by Gasteiger charge is -2.23. The largest absolute Gasteiger partial charge is 0.406 e. The number of carbonyl (C=O) groups is 2. The molecule has 26 heavy (non-hydrogen) atoms. The summed E-state index contributed by atoms with van der Waals surface area (Å²) in [5, 5.41) is 6.67. The number of aromatic nitrogens is 4. The number of rotatable bonds is 5. The van der Waals surface area contributed by atoms with Gasteiger partial charge in [0.05, 0.1) is 12.7 Å². The van der Waals surface area contributed by atoms with Crippen molar-refractivity contribution in [1.82, 2.24) is 29.5 Å². The highest BCUT2D eigenvalue weighted by Gasteiger charge is 2.52. The Morgan fingerprint density at radius 2 is 2.04 bits per heavy atom. The average molecular weight is 370 g/mol. The summed E-state index contributed by atoms with van der Waals surface area (Å²) in [7, 11) is 1.68. The number of amides is 3. The SMILES string of the molecule is CCC1(c2cnn(C)c2)NC(=O)N(Cc2nccn2CC(F)(F)F)C1=O. The van der Waals surface area contributed by atoms with Crippen LogP contribution in [0, 0.1) is 0 Å². The van der Waals surface area contributed by atoms with Gasteiger partial charge in [-0.2, -0.15) is 18.3 Å². The molecule has 1 unspecified atom stereocenters. The van der Waals surface area contributed by atoms with E-state index in [-0.39, 0.29) is 18.8 Å². The molecular formula is C15H17F3N6O2. The Morgan fingerprint density at radius 1 is 1.31 bits per heavy atom. The Balaban J connectivity index is 1.88. The van der Waals surface area contributed by atoms with Crippen molar-refractivity contribution in [3.8, 4) is 0 Å². The second-order valence-corrected chi connectivity index (χ2v) is 6.07. The quantitative estimate of drug-likeness (QED) is 0.809. The topological polar surface area (TPSA) is 85.1 Å². The van der Waals surface area contributed by atoms with Crippen molar-refractivity contribution in [2.45, 2.75) is 38.1 Å². The van der Waals surface area contributed by atoms with E-state index in [9.17, 15) is 22.8 Å². The van der Waals surface area contributed by atoms with E-state index in [1.807, 2.05) is 0 Å². The van der Waals surface area contributed by atoms with Crippen LogP contribution in [0.15, 0.2) is 24.8 Å². The second kappa shape index (κ2) is 6.15. The van der Waals surface area contributed by atoms with Crippen LogP contribution < -0.4 is 5.32 Å². The van der Waals surface area contributed by atoms with Gasteiger partial charge in [0.2, 0.25) is 0 Å². The van der Waals surface area contributed by atoms with E-state index in [0.29, 0.717) is 5.56 Å². The number of hydrogen-bond acceptors (Lipinski definition) is 4. The maximum absolute atomic E-state index is 12.9. The summed E-state index contributed by atoms with van der Waals surface area (Å²) in [6, 6.07) is -0.678. The van der Waals surface area contributed by atoms with Crippen LogP contribution >= 0.6 is 0 Å². The molecule has 1 N–H and O–H groups in total. The molecule has 2 aromatic heterocycles. The maximum Gasteiger partial charge on any atom is 0.406 e. The van der Waals surface area contributed by atoms with Crippen molar-refractivity contribution < 1.29 is 22.8 Å². The molecule has 0 spiro atoms. The number of hydrogen-bond donors (Lipinski definition) is 1. The molecule has 140 valence electrons. The molecule has 8 nitrogen and oxygen atoms in total. The van der Waals surface area contributed by atoms with Crippen LogP contribution in [-0.4, -0.2) is 42.3 Å². The smallest absolute Gasteiger partial charge is 0.324 e. The highest BCUT2D eigenvalue weighted by atomic mass is 19.4. The molecular weight excluding hydrogens is 353 g/mol. The van der Waals surface area contributed by atoms with Gasteiger partial charge in [-0.15, -0.1) is 0 Å². The molecule has 3 amide bonds. The van der Waals surface area contributed by atoms with Crippen molar-refractivity contribution in [2.75, 3.05) is 0 Å². The third-order valence-electron chi connectivity index (χ3n) is 4.35. The highest BCUT2D eigenvalue weighted by Crippen LogP contribution is 2.33. The van der Waals surface area contributed by atoms with Gasteiger partial charge in [-0.25, -0.2) is 9.78 Å². The number of halogens is 3. The zero-order valence-electron chi connectivity index (χ0n) is 14.1. The van der Waals surface area contributed by atoms with Gasteiger partial charge >= 0.3 is 12.2 Å². The van der Waals surface area contributed by atoms with Gasteiger partial charge in [0, 0.05) is 31.2 Å². The van der Waals surface area contributed by atoms with E-state index >= 15 is 0 Å². The van der Waals surface area contributed by atoms with Crippen LogP contribution in [0.2, 0.25) is 0 Å². The number of nitrogens with one attached hydrogen (secondary N) is 1. The summed E-state index contributed by atoms with van der Waals surface area (Å²) in [6.07, 6.45) is 1.31. The van der Waals surface area contributed by atoms with E-state index in [2.05, 4.69) is 15.4 Å². The molecule has 2 aromatic rings. The zero-order valence-corrected chi connectivity index (χ0v) is 14.1. The van der Waals surface area contributed by atoms with Gasteiger partial charge < -0.3 is 9.88 Å². The van der Waals surface area contributed by atoms with Crippen molar-refractivity contribution >= 4 is 11.9 Å². The van der Waals surface area contributed by atoms with Crippen LogP contribution in [0.5, 0.6) is 0 Å². The fraction of sp³-hybridized carbons (Fsp3) is 0.467. The zero-order chi connectivity index (χ0) is 19.1. The van der Waals surface area contributed by atoms with Crippen molar-refractivity contribution in [3.05, 3.63) is 36.2 Å². The third kappa shape index (κ3) is 3.04. The lowest BCUT2D eigenvalue weighted by atomic mass is 9.89. The van der Waals surface area contributed by atoms with Crippen LogP contribution in [-0.2, 0) is 30.5 Å². The Bertz CT molecular complexity index is 843. The highest BCUT2D eigenvalue weighted by molar-refractivity contribution is 6.07. The Kier molecular flexibility index (Phi) is 4.24. The lowest BCUT2D eigenvalue weighted by molar-refractivity contribution is -0.141. The van der Waals surface area contributed by atoms with Crippen LogP contribution in [0.3, 0.4) is 0 Å². The van der Waals surface area contributed by atoms with Crippen molar-refractivity contribution in [3.63, 3.8) is 0 Å². The molecule has 0 bridgehead atoms. The fourth-order valence-corrected chi connectivity index (χ4v) is 3.02. The molecule has 3 heterocycles. The summed E-state index contributed by atoms with van der Waals surface area (Å²) in [4.78, 5) is 30.1. The summed E-state index contributed by atoms with van der Waals surface area (Å²) in [6.45, 7) is 0.141. The van der Waals surface area contributed by atoms with E-state index in [1.54, 1.807) is 20.2 Å². The number of nitrogens with zero attached hydrogens (tertiary/aromatic N) is 5. The van der Waals surface area contributed by atoms with Gasteiger partial charge in [-0.3, -0.25) is 14.4 Å².